The molecule has 0 aromatic heterocycles. The maximum absolute atomic E-state index is 13.0. The lowest BCUT2D eigenvalue weighted by Crippen LogP contribution is -2.22. The Morgan fingerprint density at radius 2 is 2.08 bits per heavy atom. The van der Waals surface area contributed by atoms with Crippen molar-refractivity contribution in [3.63, 3.8) is 0 Å². The monoisotopic (exact) mass is 186 g/mol. The van der Waals surface area contributed by atoms with E-state index in [9.17, 15) is 8.78 Å². The molecule has 0 heterocycles. The standard InChI is InChI=1S/C9H12F2N2/c10-8-3-1-2-7(9(8)11)6-13-5-4-12/h1-3,13H,4-6,12H2. The van der Waals surface area contributed by atoms with Gasteiger partial charge in [0.05, 0.1) is 0 Å². The van der Waals surface area contributed by atoms with Crippen molar-refractivity contribution in [1.82, 2.24) is 5.32 Å². The lowest BCUT2D eigenvalue weighted by molar-refractivity contribution is 0.493. The van der Waals surface area contributed by atoms with Crippen LogP contribution in [0.4, 0.5) is 8.78 Å². The summed E-state index contributed by atoms with van der Waals surface area (Å²) >= 11 is 0. The summed E-state index contributed by atoms with van der Waals surface area (Å²) in [5, 5.41) is 2.89. The van der Waals surface area contributed by atoms with E-state index in [1.165, 1.54) is 6.07 Å². The highest BCUT2D eigenvalue weighted by molar-refractivity contribution is 5.18. The fourth-order valence-corrected chi connectivity index (χ4v) is 1.01. The van der Waals surface area contributed by atoms with Gasteiger partial charge in [-0.25, -0.2) is 8.78 Å². The Hall–Kier alpha value is -1.00. The molecule has 0 unspecified atom stereocenters. The quantitative estimate of drug-likeness (QED) is 0.689. The fourth-order valence-electron chi connectivity index (χ4n) is 1.01. The molecule has 0 aliphatic rings. The third kappa shape index (κ3) is 2.75. The van der Waals surface area contributed by atoms with Gasteiger partial charge in [-0.15, -0.1) is 0 Å². The lowest BCUT2D eigenvalue weighted by atomic mass is 10.2. The summed E-state index contributed by atoms with van der Waals surface area (Å²) in [5.41, 5.74) is 5.56. The maximum atomic E-state index is 13.0. The summed E-state index contributed by atoms with van der Waals surface area (Å²) in [6.45, 7) is 1.38. The number of hydrogen-bond acceptors (Lipinski definition) is 2. The second-order valence-electron chi connectivity index (χ2n) is 2.68. The highest BCUT2D eigenvalue weighted by Gasteiger charge is 2.05. The van der Waals surface area contributed by atoms with Crippen molar-refractivity contribution in [2.75, 3.05) is 13.1 Å². The SMILES string of the molecule is NCCNCc1cccc(F)c1F. The van der Waals surface area contributed by atoms with Crippen LogP contribution in [-0.2, 0) is 6.54 Å². The first-order valence-corrected chi connectivity index (χ1v) is 4.09. The van der Waals surface area contributed by atoms with Crippen molar-refractivity contribution in [3.8, 4) is 0 Å². The average Bonchev–Trinajstić information content (AvgIpc) is 2.13. The maximum Gasteiger partial charge on any atom is 0.163 e. The fraction of sp³-hybridized carbons (Fsp3) is 0.333. The van der Waals surface area contributed by atoms with Crippen LogP contribution in [-0.4, -0.2) is 13.1 Å². The molecule has 1 rings (SSSR count). The van der Waals surface area contributed by atoms with Gasteiger partial charge in [0, 0.05) is 25.2 Å². The molecule has 2 nitrogen and oxygen atoms in total. The van der Waals surface area contributed by atoms with Crippen LogP contribution in [0.25, 0.3) is 0 Å². The molecule has 3 N–H and O–H groups in total. The number of nitrogens with one attached hydrogen (secondary N) is 1. The molecule has 0 amide bonds. The van der Waals surface area contributed by atoms with E-state index in [1.807, 2.05) is 0 Å². The Morgan fingerprint density at radius 1 is 1.31 bits per heavy atom. The van der Waals surface area contributed by atoms with E-state index < -0.39 is 11.6 Å². The second-order valence-corrected chi connectivity index (χ2v) is 2.68. The summed E-state index contributed by atoms with van der Waals surface area (Å²) in [7, 11) is 0. The van der Waals surface area contributed by atoms with E-state index in [0.29, 0.717) is 25.2 Å². The Morgan fingerprint density at radius 3 is 2.77 bits per heavy atom. The highest BCUT2D eigenvalue weighted by atomic mass is 19.2. The third-order valence-electron chi connectivity index (χ3n) is 1.67. The minimum Gasteiger partial charge on any atom is -0.329 e. The van der Waals surface area contributed by atoms with Gasteiger partial charge in [0.2, 0.25) is 0 Å². The molecule has 0 bridgehead atoms. The highest BCUT2D eigenvalue weighted by Crippen LogP contribution is 2.10. The van der Waals surface area contributed by atoms with Gasteiger partial charge in [0.1, 0.15) is 0 Å². The first-order valence-electron chi connectivity index (χ1n) is 4.09. The number of rotatable bonds is 4. The minimum absolute atomic E-state index is 0.306. The summed E-state index contributed by atoms with van der Waals surface area (Å²) in [4.78, 5) is 0. The molecule has 0 aliphatic heterocycles. The summed E-state index contributed by atoms with van der Waals surface area (Å²) in [6.07, 6.45) is 0. The summed E-state index contributed by atoms with van der Waals surface area (Å²) < 4.78 is 25.6. The van der Waals surface area contributed by atoms with Gasteiger partial charge in [0.25, 0.3) is 0 Å². The topological polar surface area (TPSA) is 38.0 Å². The van der Waals surface area contributed by atoms with Crippen molar-refractivity contribution in [3.05, 3.63) is 35.4 Å². The molecule has 72 valence electrons. The number of halogens is 2. The zero-order valence-electron chi connectivity index (χ0n) is 7.19. The van der Waals surface area contributed by atoms with Gasteiger partial charge in [-0.1, -0.05) is 12.1 Å². The first kappa shape index (κ1) is 10.1. The Labute approximate surface area is 75.7 Å². The lowest BCUT2D eigenvalue weighted by Gasteiger charge is -2.04. The van der Waals surface area contributed by atoms with E-state index in [0.717, 1.165) is 6.07 Å². The van der Waals surface area contributed by atoms with Gasteiger partial charge >= 0.3 is 0 Å². The van der Waals surface area contributed by atoms with Crippen LogP contribution in [0, 0.1) is 11.6 Å². The number of hydrogen-bond donors (Lipinski definition) is 2. The summed E-state index contributed by atoms with van der Waals surface area (Å²) in [5.74, 6) is -1.60. The predicted molar refractivity (Wildman–Crippen MR) is 47.1 cm³/mol. The van der Waals surface area contributed by atoms with Gasteiger partial charge in [-0.05, 0) is 6.07 Å². The van der Waals surface area contributed by atoms with Crippen LogP contribution in [0.2, 0.25) is 0 Å². The van der Waals surface area contributed by atoms with Crippen molar-refractivity contribution in [2.45, 2.75) is 6.54 Å². The second kappa shape index (κ2) is 4.89. The van der Waals surface area contributed by atoms with Gasteiger partial charge < -0.3 is 11.1 Å². The summed E-state index contributed by atoms with van der Waals surface area (Å²) in [6, 6.07) is 4.13. The molecular formula is C9H12F2N2. The molecule has 13 heavy (non-hydrogen) atoms. The molecular weight excluding hydrogens is 174 g/mol. The molecule has 4 heteroatoms. The van der Waals surface area contributed by atoms with Crippen LogP contribution in [0.3, 0.4) is 0 Å². The van der Waals surface area contributed by atoms with Crippen LogP contribution in [0.5, 0.6) is 0 Å². The number of benzene rings is 1. The molecule has 0 atom stereocenters. The third-order valence-corrected chi connectivity index (χ3v) is 1.67. The average molecular weight is 186 g/mol. The zero-order chi connectivity index (χ0) is 9.68. The van der Waals surface area contributed by atoms with Gasteiger partial charge in [0.15, 0.2) is 11.6 Å². The predicted octanol–water partition coefficient (Wildman–Crippen LogP) is 1.01. The molecule has 0 radical (unpaired) electrons. The van der Waals surface area contributed by atoms with Crippen LogP contribution >= 0.6 is 0 Å². The molecule has 0 spiro atoms. The van der Waals surface area contributed by atoms with Gasteiger partial charge in [-0.3, -0.25) is 0 Å². The molecule has 0 fully saturated rings. The Balaban J connectivity index is 2.61. The van der Waals surface area contributed by atoms with Crippen molar-refractivity contribution in [1.29, 1.82) is 0 Å². The molecule has 0 saturated carbocycles. The number of nitrogens with two attached hydrogens (primary N) is 1. The van der Waals surface area contributed by atoms with Crippen molar-refractivity contribution < 1.29 is 8.78 Å². The van der Waals surface area contributed by atoms with E-state index in [2.05, 4.69) is 5.32 Å². The smallest absolute Gasteiger partial charge is 0.163 e. The normalized spacial score (nSPS) is 10.4. The van der Waals surface area contributed by atoms with E-state index >= 15 is 0 Å². The largest absolute Gasteiger partial charge is 0.329 e. The molecule has 1 aromatic rings. The first-order chi connectivity index (χ1) is 6.25. The van der Waals surface area contributed by atoms with Crippen LogP contribution < -0.4 is 11.1 Å². The van der Waals surface area contributed by atoms with E-state index in [1.54, 1.807) is 6.07 Å². The molecule has 0 aliphatic carbocycles. The van der Waals surface area contributed by atoms with Crippen molar-refractivity contribution >= 4 is 0 Å². The van der Waals surface area contributed by atoms with E-state index in [-0.39, 0.29) is 0 Å². The molecule has 1 aromatic carbocycles. The van der Waals surface area contributed by atoms with Crippen LogP contribution in [0.1, 0.15) is 5.56 Å². The Kier molecular flexibility index (Phi) is 3.79. The zero-order valence-corrected chi connectivity index (χ0v) is 7.19. The minimum atomic E-state index is -0.813. The van der Waals surface area contributed by atoms with Crippen molar-refractivity contribution in [2.24, 2.45) is 5.73 Å². The van der Waals surface area contributed by atoms with Crippen LogP contribution in [0.15, 0.2) is 18.2 Å². The van der Waals surface area contributed by atoms with Gasteiger partial charge in [-0.2, -0.15) is 0 Å². The van der Waals surface area contributed by atoms with E-state index in [4.69, 9.17) is 5.73 Å². The molecule has 0 saturated heterocycles. The Bertz CT molecular complexity index is 276.